The van der Waals surface area contributed by atoms with Crippen molar-refractivity contribution < 1.29 is 24.0 Å². The monoisotopic (exact) mass is 678 g/mol. The molecule has 0 aliphatic carbocycles. The highest BCUT2D eigenvalue weighted by Crippen LogP contribution is 2.65. The summed E-state index contributed by atoms with van der Waals surface area (Å²) >= 11 is 0. The summed E-state index contributed by atoms with van der Waals surface area (Å²) in [5.41, 5.74) is 3.17. The summed E-state index contributed by atoms with van der Waals surface area (Å²) in [6.45, 7) is 4.63. The maximum absolute atomic E-state index is 2.40. The van der Waals surface area contributed by atoms with Crippen molar-refractivity contribution in [1.29, 1.82) is 0 Å². The molecule has 0 N–H and O–H groups in total. The van der Waals surface area contributed by atoms with E-state index in [1.54, 1.807) is 11.1 Å². The van der Waals surface area contributed by atoms with Crippen LogP contribution in [0.3, 0.4) is 0 Å². The molecular formula is C38H64IP. The van der Waals surface area contributed by atoms with Gasteiger partial charge in [0.15, 0.2) is 0 Å². The summed E-state index contributed by atoms with van der Waals surface area (Å²) in [7, 11) is -1.09. The molecule has 2 aromatic carbocycles. The lowest BCUT2D eigenvalue weighted by molar-refractivity contribution is -0.00000853. The van der Waals surface area contributed by atoms with Gasteiger partial charge in [0.2, 0.25) is 0 Å². The first-order chi connectivity index (χ1) is 19.3. The van der Waals surface area contributed by atoms with Crippen molar-refractivity contribution in [3.8, 4) is 0 Å². The molecule has 0 fully saturated rings. The highest BCUT2D eigenvalue weighted by molar-refractivity contribution is 7.74. The van der Waals surface area contributed by atoms with E-state index in [2.05, 4.69) is 74.5 Å². The van der Waals surface area contributed by atoms with Gasteiger partial charge in [-0.3, -0.25) is 0 Å². The molecule has 0 bridgehead atoms. The fourth-order valence-corrected chi connectivity index (χ4v) is 11.0. The Morgan fingerprint density at radius 2 is 0.650 bits per heavy atom. The molecule has 0 spiro atoms. The number of halogens is 1. The lowest BCUT2D eigenvalue weighted by Gasteiger charge is -2.29. The van der Waals surface area contributed by atoms with Crippen molar-refractivity contribution in [2.45, 2.75) is 155 Å². The van der Waals surface area contributed by atoms with Crippen LogP contribution in [0.25, 0.3) is 0 Å². The van der Waals surface area contributed by atoms with E-state index in [0.29, 0.717) is 0 Å². The maximum Gasteiger partial charge on any atom is 0.0846 e. The predicted molar refractivity (Wildman–Crippen MR) is 181 cm³/mol. The van der Waals surface area contributed by atoms with E-state index in [1.807, 2.05) is 0 Å². The van der Waals surface area contributed by atoms with Gasteiger partial charge in [-0.05, 0) is 36.8 Å². The molecule has 0 amide bonds. The first-order valence-electron chi connectivity index (χ1n) is 17.2. The second-order valence-corrected chi connectivity index (χ2v) is 16.7. The average molecular weight is 679 g/mol. The summed E-state index contributed by atoms with van der Waals surface area (Å²) in [5, 5.41) is 0. The molecule has 40 heavy (non-hydrogen) atoms. The van der Waals surface area contributed by atoms with Crippen molar-refractivity contribution in [3.05, 3.63) is 71.8 Å². The molecule has 2 aromatic rings. The largest absolute Gasteiger partial charge is 1.00 e. The van der Waals surface area contributed by atoms with Gasteiger partial charge >= 0.3 is 0 Å². The van der Waals surface area contributed by atoms with Gasteiger partial charge in [-0.2, -0.15) is 0 Å². The summed E-state index contributed by atoms with van der Waals surface area (Å²) < 4.78 is 0. The summed E-state index contributed by atoms with van der Waals surface area (Å²) in [6, 6.07) is 23.0. The second-order valence-electron chi connectivity index (χ2n) is 12.4. The quantitative estimate of drug-likeness (QED) is 0.0528. The third kappa shape index (κ3) is 18.9. The van der Waals surface area contributed by atoms with E-state index in [-0.39, 0.29) is 24.0 Å². The van der Waals surface area contributed by atoms with Crippen LogP contribution in [0.1, 0.15) is 153 Å². The molecular weight excluding hydrogens is 614 g/mol. The molecule has 2 rings (SSSR count). The Bertz CT molecular complexity index is 707. The molecule has 0 aliphatic rings. The standard InChI is InChI=1S/C38H64P.HI/c1-3-5-7-9-11-13-15-17-19-27-33-39(35-37-29-23-21-24-30-37,36-38-31-25-22-26-32-38)34-28-20-18-16-14-12-10-8-6-4-2;/h21-26,29-32H,3-20,27-28,33-36H2,1-2H3;1H/q+1;/p-1. The fourth-order valence-electron chi connectivity index (χ4n) is 6.29. The average Bonchev–Trinajstić information content (AvgIpc) is 2.96. The molecule has 0 saturated heterocycles. The topological polar surface area (TPSA) is 0 Å². The minimum atomic E-state index is -1.09. The summed E-state index contributed by atoms with van der Waals surface area (Å²) in [4.78, 5) is 0. The molecule has 0 unspecified atom stereocenters. The Morgan fingerprint density at radius 1 is 0.375 bits per heavy atom. The van der Waals surface area contributed by atoms with Crippen LogP contribution in [-0.2, 0) is 12.3 Å². The van der Waals surface area contributed by atoms with Gasteiger partial charge in [-0.25, -0.2) is 0 Å². The van der Waals surface area contributed by atoms with Crippen LogP contribution in [-0.4, -0.2) is 12.3 Å². The van der Waals surface area contributed by atoms with Crippen LogP contribution >= 0.6 is 7.26 Å². The van der Waals surface area contributed by atoms with Crippen LogP contribution < -0.4 is 24.0 Å². The number of rotatable bonds is 26. The van der Waals surface area contributed by atoms with Gasteiger partial charge in [-0.1, -0.05) is 177 Å². The number of hydrogen-bond donors (Lipinski definition) is 0. The summed E-state index contributed by atoms with van der Waals surface area (Å²) in [6.07, 6.45) is 34.4. The van der Waals surface area contributed by atoms with E-state index >= 15 is 0 Å². The maximum atomic E-state index is 2.40. The van der Waals surface area contributed by atoms with Gasteiger partial charge in [0, 0.05) is 7.26 Å². The highest BCUT2D eigenvalue weighted by Gasteiger charge is 2.36. The van der Waals surface area contributed by atoms with Crippen molar-refractivity contribution in [2.75, 3.05) is 12.3 Å². The number of benzene rings is 2. The zero-order chi connectivity index (χ0) is 27.7. The van der Waals surface area contributed by atoms with Gasteiger partial charge in [0.1, 0.15) is 0 Å². The first kappa shape index (κ1) is 37.6. The molecule has 0 nitrogen and oxygen atoms in total. The third-order valence-corrected chi connectivity index (χ3v) is 13.3. The van der Waals surface area contributed by atoms with Crippen LogP contribution in [0.5, 0.6) is 0 Å². The van der Waals surface area contributed by atoms with E-state index in [0.717, 1.165) is 0 Å². The van der Waals surface area contributed by atoms with Crippen molar-refractivity contribution >= 4 is 7.26 Å². The molecule has 0 aromatic heterocycles. The van der Waals surface area contributed by atoms with Crippen LogP contribution in [0.2, 0.25) is 0 Å². The normalized spacial score (nSPS) is 11.4. The first-order valence-corrected chi connectivity index (χ1v) is 19.7. The highest BCUT2D eigenvalue weighted by atomic mass is 127. The zero-order valence-corrected chi connectivity index (χ0v) is 29.6. The van der Waals surface area contributed by atoms with Crippen molar-refractivity contribution in [2.24, 2.45) is 0 Å². The molecule has 0 saturated carbocycles. The zero-order valence-electron chi connectivity index (χ0n) is 26.6. The molecule has 0 radical (unpaired) electrons. The fraction of sp³-hybridized carbons (Fsp3) is 0.684. The van der Waals surface area contributed by atoms with E-state index < -0.39 is 7.26 Å². The van der Waals surface area contributed by atoms with Gasteiger partial charge in [-0.15, -0.1) is 0 Å². The molecule has 2 heteroatoms. The minimum Gasteiger partial charge on any atom is -1.00 e. The Morgan fingerprint density at radius 3 is 0.950 bits per heavy atom. The lowest BCUT2D eigenvalue weighted by Crippen LogP contribution is -3.00. The number of unbranched alkanes of at least 4 members (excludes halogenated alkanes) is 18. The van der Waals surface area contributed by atoms with Gasteiger partial charge < -0.3 is 24.0 Å². The Balaban J connectivity index is 0.00000800. The molecule has 0 heterocycles. The Hall–Kier alpha value is -0.400. The van der Waals surface area contributed by atoms with E-state index in [1.165, 1.54) is 153 Å². The molecule has 0 aliphatic heterocycles. The second kappa shape index (κ2) is 26.2. The summed E-state index contributed by atoms with van der Waals surface area (Å²) in [5.74, 6) is 0. The Labute approximate surface area is 268 Å². The van der Waals surface area contributed by atoms with E-state index in [9.17, 15) is 0 Å². The number of hydrogen-bond acceptors (Lipinski definition) is 0. The van der Waals surface area contributed by atoms with Crippen LogP contribution in [0.4, 0.5) is 0 Å². The van der Waals surface area contributed by atoms with Crippen LogP contribution in [0, 0.1) is 0 Å². The van der Waals surface area contributed by atoms with Crippen molar-refractivity contribution in [1.82, 2.24) is 0 Å². The molecule has 228 valence electrons. The lowest BCUT2D eigenvalue weighted by atomic mass is 10.1. The smallest absolute Gasteiger partial charge is 0.0846 e. The SMILES string of the molecule is CCCCCCCCCCCC[P+](CCCCCCCCCCCC)(Cc1ccccc1)Cc1ccccc1.[I-]. The third-order valence-electron chi connectivity index (χ3n) is 8.69. The predicted octanol–water partition coefficient (Wildman–Crippen LogP) is 10.3. The van der Waals surface area contributed by atoms with Crippen LogP contribution in [0.15, 0.2) is 60.7 Å². The van der Waals surface area contributed by atoms with Crippen molar-refractivity contribution in [3.63, 3.8) is 0 Å². The molecule has 0 atom stereocenters. The van der Waals surface area contributed by atoms with Gasteiger partial charge in [0.05, 0.1) is 24.6 Å². The van der Waals surface area contributed by atoms with E-state index in [4.69, 9.17) is 0 Å². The Kier molecular flexibility index (Phi) is 24.7. The van der Waals surface area contributed by atoms with Gasteiger partial charge in [0.25, 0.3) is 0 Å². The minimum absolute atomic E-state index is 0.